The van der Waals surface area contributed by atoms with Gasteiger partial charge in [0.2, 0.25) is 0 Å². The number of halogens is 1. The van der Waals surface area contributed by atoms with E-state index in [0.717, 1.165) is 25.2 Å². The molecule has 104 valence electrons. The highest BCUT2D eigenvalue weighted by Crippen LogP contribution is 2.16. The number of aromatic carboxylic acids is 1. The number of benzene rings is 1. The molecule has 1 heterocycles. The Morgan fingerprint density at radius 2 is 2.21 bits per heavy atom. The largest absolute Gasteiger partial charge is 0.478 e. The fraction of sp³-hybridized carbons (Fsp3) is 0.500. The van der Waals surface area contributed by atoms with Gasteiger partial charge in [0.15, 0.2) is 0 Å². The molecule has 1 aromatic rings. The third-order valence-electron chi connectivity index (χ3n) is 3.62. The first-order valence-electron chi connectivity index (χ1n) is 6.41. The summed E-state index contributed by atoms with van der Waals surface area (Å²) < 4.78 is 13.6. The maximum absolute atomic E-state index is 13.6. The van der Waals surface area contributed by atoms with E-state index >= 15 is 0 Å². The number of rotatable bonds is 3. The van der Waals surface area contributed by atoms with Crippen LogP contribution in [-0.4, -0.2) is 53.6 Å². The number of carboxylic acids is 1. The molecule has 1 aromatic carbocycles. The van der Waals surface area contributed by atoms with E-state index in [2.05, 4.69) is 23.8 Å². The molecule has 1 saturated heterocycles. The van der Waals surface area contributed by atoms with Gasteiger partial charge in [0.05, 0.1) is 5.56 Å². The summed E-state index contributed by atoms with van der Waals surface area (Å²) in [4.78, 5) is 15.3. The maximum atomic E-state index is 13.6. The summed E-state index contributed by atoms with van der Waals surface area (Å²) in [7, 11) is 2.09. The van der Waals surface area contributed by atoms with Crippen LogP contribution in [0, 0.1) is 5.82 Å². The Morgan fingerprint density at radius 1 is 1.47 bits per heavy atom. The standard InChI is InChI=1S/C14H19FN2O2/c1-10-8-16(2)5-6-17(10)9-11-3-4-12(14(18)19)13(15)7-11/h3-4,7,10H,5-6,8-9H2,1-2H3,(H,18,19). The van der Waals surface area contributed by atoms with E-state index in [0.29, 0.717) is 12.6 Å². The zero-order valence-electron chi connectivity index (χ0n) is 11.3. The van der Waals surface area contributed by atoms with Gasteiger partial charge in [-0.15, -0.1) is 0 Å². The molecule has 2 rings (SSSR count). The monoisotopic (exact) mass is 266 g/mol. The van der Waals surface area contributed by atoms with Crippen molar-refractivity contribution in [1.82, 2.24) is 9.80 Å². The fourth-order valence-electron chi connectivity index (χ4n) is 2.48. The molecule has 1 aliphatic rings. The van der Waals surface area contributed by atoms with Crippen molar-refractivity contribution in [3.05, 3.63) is 35.1 Å². The highest BCUT2D eigenvalue weighted by Gasteiger charge is 2.21. The molecule has 1 atom stereocenters. The molecule has 0 aliphatic carbocycles. The Labute approximate surface area is 112 Å². The molecular weight excluding hydrogens is 247 g/mol. The molecule has 19 heavy (non-hydrogen) atoms. The van der Waals surface area contributed by atoms with Crippen LogP contribution in [0.1, 0.15) is 22.8 Å². The maximum Gasteiger partial charge on any atom is 0.338 e. The van der Waals surface area contributed by atoms with E-state index in [1.165, 1.54) is 12.1 Å². The lowest BCUT2D eigenvalue weighted by molar-refractivity contribution is 0.0691. The van der Waals surface area contributed by atoms with E-state index in [1.54, 1.807) is 6.07 Å². The minimum atomic E-state index is -1.22. The molecule has 1 unspecified atom stereocenters. The van der Waals surface area contributed by atoms with Gasteiger partial charge >= 0.3 is 5.97 Å². The number of carbonyl (C=O) groups is 1. The lowest BCUT2D eigenvalue weighted by atomic mass is 10.1. The lowest BCUT2D eigenvalue weighted by Gasteiger charge is -2.38. The second kappa shape index (κ2) is 5.67. The van der Waals surface area contributed by atoms with Crippen LogP contribution >= 0.6 is 0 Å². The molecule has 0 radical (unpaired) electrons. The number of nitrogens with zero attached hydrogens (tertiary/aromatic N) is 2. The highest BCUT2D eigenvalue weighted by molar-refractivity contribution is 5.87. The minimum Gasteiger partial charge on any atom is -0.478 e. The summed E-state index contributed by atoms with van der Waals surface area (Å²) >= 11 is 0. The number of carboxylic acid groups (broad SMARTS) is 1. The van der Waals surface area contributed by atoms with Gasteiger partial charge in [-0.3, -0.25) is 4.90 Å². The molecule has 0 amide bonds. The van der Waals surface area contributed by atoms with Gasteiger partial charge in [-0.25, -0.2) is 9.18 Å². The van der Waals surface area contributed by atoms with Crippen molar-refractivity contribution in [3.8, 4) is 0 Å². The van der Waals surface area contributed by atoms with E-state index in [1.807, 2.05) is 0 Å². The summed E-state index contributed by atoms with van der Waals surface area (Å²) in [5, 5.41) is 8.79. The Hall–Kier alpha value is -1.46. The molecule has 1 aliphatic heterocycles. The van der Waals surface area contributed by atoms with Crippen molar-refractivity contribution in [3.63, 3.8) is 0 Å². The number of hydrogen-bond donors (Lipinski definition) is 1. The van der Waals surface area contributed by atoms with Crippen LogP contribution in [0.5, 0.6) is 0 Å². The molecule has 4 nitrogen and oxygen atoms in total. The number of likely N-dealkylation sites (N-methyl/N-ethyl adjacent to an activating group) is 1. The summed E-state index contributed by atoms with van der Waals surface area (Å²) in [5.41, 5.74) is 0.550. The first kappa shape index (κ1) is 14.0. The van der Waals surface area contributed by atoms with Gasteiger partial charge in [0.1, 0.15) is 5.82 Å². The van der Waals surface area contributed by atoms with Crippen LogP contribution in [-0.2, 0) is 6.54 Å². The zero-order valence-corrected chi connectivity index (χ0v) is 11.3. The fourth-order valence-corrected chi connectivity index (χ4v) is 2.48. The predicted octanol–water partition coefficient (Wildman–Crippen LogP) is 1.66. The normalized spacial score (nSPS) is 21.5. The summed E-state index contributed by atoms with van der Waals surface area (Å²) in [6, 6.07) is 4.78. The van der Waals surface area contributed by atoms with E-state index in [-0.39, 0.29) is 5.56 Å². The molecule has 0 spiro atoms. The third-order valence-corrected chi connectivity index (χ3v) is 3.62. The van der Waals surface area contributed by atoms with Crippen molar-refractivity contribution < 1.29 is 14.3 Å². The molecule has 1 N–H and O–H groups in total. The molecule has 0 bridgehead atoms. The Balaban J connectivity index is 2.07. The van der Waals surface area contributed by atoms with Crippen molar-refractivity contribution in [2.75, 3.05) is 26.7 Å². The van der Waals surface area contributed by atoms with E-state index in [9.17, 15) is 9.18 Å². The van der Waals surface area contributed by atoms with E-state index in [4.69, 9.17) is 5.11 Å². The molecular formula is C14H19FN2O2. The van der Waals surface area contributed by atoms with Crippen LogP contribution in [0.4, 0.5) is 4.39 Å². The average molecular weight is 266 g/mol. The third kappa shape index (κ3) is 3.30. The number of hydrogen-bond acceptors (Lipinski definition) is 3. The molecule has 1 fully saturated rings. The van der Waals surface area contributed by atoms with Crippen molar-refractivity contribution in [2.24, 2.45) is 0 Å². The zero-order chi connectivity index (χ0) is 14.0. The summed E-state index contributed by atoms with van der Waals surface area (Å²) in [6.45, 7) is 5.75. The first-order valence-corrected chi connectivity index (χ1v) is 6.41. The van der Waals surface area contributed by atoms with E-state index < -0.39 is 11.8 Å². The van der Waals surface area contributed by atoms with Crippen molar-refractivity contribution >= 4 is 5.97 Å². The van der Waals surface area contributed by atoms with Gasteiger partial charge in [-0.2, -0.15) is 0 Å². The van der Waals surface area contributed by atoms with Crippen LogP contribution < -0.4 is 0 Å². The van der Waals surface area contributed by atoms with Gasteiger partial charge in [-0.05, 0) is 31.7 Å². The smallest absolute Gasteiger partial charge is 0.338 e. The van der Waals surface area contributed by atoms with Gasteiger partial charge < -0.3 is 10.0 Å². The Kier molecular flexibility index (Phi) is 4.17. The van der Waals surface area contributed by atoms with Gasteiger partial charge in [0.25, 0.3) is 0 Å². The van der Waals surface area contributed by atoms with Crippen LogP contribution in [0.25, 0.3) is 0 Å². The molecule has 0 saturated carbocycles. The lowest BCUT2D eigenvalue weighted by Crippen LogP contribution is -2.49. The molecule has 0 aromatic heterocycles. The average Bonchev–Trinajstić information content (AvgIpc) is 2.32. The second-order valence-electron chi connectivity index (χ2n) is 5.20. The summed E-state index contributed by atoms with van der Waals surface area (Å²) in [5.74, 6) is -1.89. The summed E-state index contributed by atoms with van der Waals surface area (Å²) in [6.07, 6.45) is 0. The van der Waals surface area contributed by atoms with Crippen LogP contribution in [0.2, 0.25) is 0 Å². The van der Waals surface area contributed by atoms with Crippen molar-refractivity contribution in [2.45, 2.75) is 19.5 Å². The highest BCUT2D eigenvalue weighted by atomic mass is 19.1. The SMILES string of the molecule is CC1CN(C)CCN1Cc1ccc(C(=O)O)c(F)c1. The second-order valence-corrected chi connectivity index (χ2v) is 5.20. The van der Waals surface area contributed by atoms with Crippen molar-refractivity contribution in [1.29, 1.82) is 0 Å². The Morgan fingerprint density at radius 3 is 2.79 bits per heavy atom. The van der Waals surface area contributed by atoms with Crippen LogP contribution in [0.3, 0.4) is 0 Å². The predicted molar refractivity (Wildman–Crippen MR) is 70.7 cm³/mol. The topological polar surface area (TPSA) is 43.8 Å². The van der Waals surface area contributed by atoms with Gasteiger partial charge in [0, 0.05) is 32.2 Å². The quantitative estimate of drug-likeness (QED) is 0.903. The minimum absolute atomic E-state index is 0.268. The van der Waals surface area contributed by atoms with Crippen LogP contribution in [0.15, 0.2) is 18.2 Å². The van der Waals surface area contributed by atoms with Gasteiger partial charge in [-0.1, -0.05) is 6.07 Å². The first-order chi connectivity index (χ1) is 8.97. The number of piperazine rings is 1. The molecule has 5 heteroatoms. The Bertz CT molecular complexity index is 479.